The molecular weight excluding hydrogens is 206 g/mol. The highest BCUT2D eigenvalue weighted by molar-refractivity contribution is 5.85. The van der Waals surface area contributed by atoms with Crippen LogP contribution in [0.2, 0.25) is 0 Å². The standard InChI is InChI=1S/C16H29N/c1-8-14(7)15(9-2)10-17-11-16(12(3)4)13(5)6/h11,14-15H,3,8-10H2,1-2,4-7H3. The Balaban J connectivity index is 4.53. The molecule has 17 heavy (non-hydrogen) atoms. The van der Waals surface area contributed by atoms with Gasteiger partial charge in [0.15, 0.2) is 0 Å². The van der Waals surface area contributed by atoms with E-state index in [1.165, 1.54) is 24.0 Å². The molecule has 0 amide bonds. The summed E-state index contributed by atoms with van der Waals surface area (Å²) in [6.07, 6.45) is 4.45. The summed E-state index contributed by atoms with van der Waals surface area (Å²) in [5.41, 5.74) is 3.59. The Morgan fingerprint density at radius 2 is 1.76 bits per heavy atom. The fraction of sp³-hybridized carbons (Fsp3) is 0.688. The van der Waals surface area contributed by atoms with Gasteiger partial charge in [0.25, 0.3) is 0 Å². The van der Waals surface area contributed by atoms with E-state index in [4.69, 9.17) is 0 Å². The van der Waals surface area contributed by atoms with Crippen molar-refractivity contribution in [3.63, 3.8) is 0 Å². The summed E-state index contributed by atoms with van der Waals surface area (Å²) in [5.74, 6) is 1.47. The Labute approximate surface area is 108 Å². The molecule has 0 bridgehead atoms. The molecule has 0 aliphatic heterocycles. The van der Waals surface area contributed by atoms with E-state index >= 15 is 0 Å². The third kappa shape index (κ3) is 5.86. The van der Waals surface area contributed by atoms with Gasteiger partial charge >= 0.3 is 0 Å². The molecule has 0 aromatic heterocycles. The third-order valence-corrected chi connectivity index (χ3v) is 3.53. The summed E-state index contributed by atoms with van der Waals surface area (Å²) in [4.78, 5) is 4.61. The molecule has 0 aromatic carbocycles. The Bertz CT molecular complexity index is 293. The molecule has 0 N–H and O–H groups in total. The van der Waals surface area contributed by atoms with Gasteiger partial charge in [-0.3, -0.25) is 4.99 Å². The lowest BCUT2D eigenvalue weighted by atomic mass is 9.90. The monoisotopic (exact) mass is 235 g/mol. The van der Waals surface area contributed by atoms with E-state index in [9.17, 15) is 0 Å². The minimum Gasteiger partial charge on any atom is -0.292 e. The smallest absolute Gasteiger partial charge is 0.0420 e. The van der Waals surface area contributed by atoms with Crippen LogP contribution in [0.4, 0.5) is 0 Å². The summed E-state index contributed by atoms with van der Waals surface area (Å²) in [7, 11) is 0. The Morgan fingerprint density at radius 3 is 2.12 bits per heavy atom. The van der Waals surface area contributed by atoms with Crippen molar-refractivity contribution in [1.29, 1.82) is 0 Å². The van der Waals surface area contributed by atoms with Gasteiger partial charge in [0, 0.05) is 12.8 Å². The first-order valence-electron chi connectivity index (χ1n) is 6.77. The van der Waals surface area contributed by atoms with Gasteiger partial charge in [0.2, 0.25) is 0 Å². The van der Waals surface area contributed by atoms with Crippen LogP contribution in [-0.4, -0.2) is 12.8 Å². The normalized spacial score (nSPS) is 14.7. The van der Waals surface area contributed by atoms with Crippen LogP contribution in [0.1, 0.15) is 54.4 Å². The maximum absolute atomic E-state index is 4.61. The molecule has 0 aliphatic carbocycles. The van der Waals surface area contributed by atoms with E-state index in [2.05, 4.69) is 46.2 Å². The van der Waals surface area contributed by atoms with Gasteiger partial charge in [0.05, 0.1) is 0 Å². The SMILES string of the molecule is C=C(C)C(C=NCC(CC)C(C)CC)=C(C)C. The van der Waals surface area contributed by atoms with Crippen LogP contribution in [-0.2, 0) is 0 Å². The van der Waals surface area contributed by atoms with E-state index in [-0.39, 0.29) is 0 Å². The minimum absolute atomic E-state index is 0.708. The molecule has 2 unspecified atom stereocenters. The van der Waals surface area contributed by atoms with Crippen LogP contribution in [0.5, 0.6) is 0 Å². The zero-order valence-electron chi connectivity index (χ0n) is 12.5. The molecule has 0 rings (SSSR count). The fourth-order valence-electron chi connectivity index (χ4n) is 1.99. The van der Waals surface area contributed by atoms with Crippen molar-refractivity contribution in [2.45, 2.75) is 54.4 Å². The second kappa shape index (κ2) is 8.27. The van der Waals surface area contributed by atoms with E-state index < -0.39 is 0 Å². The lowest BCUT2D eigenvalue weighted by Gasteiger charge is -2.19. The Morgan fingerprint density at radius 1 is 1.18 bits per heavy atom. The number of allylic oxidation sites excluding steroid dienone is 3. The van der Waals surface area contributed by atoms with Gasteiger partial charge in [-0.05, 0) is 43.8 Å². The van der Waals surface area contributed by atoms with Gasteiger partial charge < -0.3 is 0 Å². The van der Waals surface area contributed by atoms with E-state index in [0.717, 1.165) is 18.0 Å². The lowest BCUT2D eigenvalue weighted by Crippen LogP contribution is -2.13. The van der Waals surface area contributed by atoms with E-state index in [0.29, 0.717) is 5.92 Å². The molecule has 0 aliphatic rings. The van der Waals surface area contributed by atoms with E-state index in [1.807, 2.05) is 13.1 Å². The van der Waals surface area contributed by atoms with Gasteiger partial charge in [-0.2, -0.15) is 0 Å². The minimum atomic E-state index is 0.708. The first kappa shape index (κ1) is 16.1. The second-order valence-electron chi connectivity index (χ2n) is 5.24. The topological polar surface area (TPSA) is 12.4 Å². The predicted molar refractivity (Wildman–Crippen MR) is 79.8 cm³/mol. The second-order valence-corrected chi connectivity index (χ2v) is 5.24. The molecule has 2 atom stereocenters. The van der Waals surface area contributed by atoms with E-state index in [1.54, 1.807) is 0 Å². The van der Waals surface area contributed by atoms with Gasteiger partial charge in [-0.15, -0.1) is 0 Å². The first-order valence-corrected chi connectivity index (χ1v) is 6.77. The number of hydrogen-bond acceptors (Lipinski definition) is 1. The molecule has 0 aromatic rings. The maximum atomic E-state index is 4.61. The lowest BCUT2D eigenvalue weighted by molar-refractivity contribution is 0.348. The number of hydrogen-bond donors (Lipinski definition) is 0. The van der Waals surface area contributed by atoms with Crippen molar-refractivity contribution < 1.29 is 0 Å². The maximum Gasteiger partial charge on any atom is 0.0420 e. The highest BCUT2D eigenvalue weighted by Gasteiger charge is 2.12. The van der Waals surface area contributed by atoms with Crippen molar-refractivity contribution in [1.82, 2.24) is 0 Å². The van der Waals surface area contributed by atoms with Crippen molar-refractivity contribution in [2.24, 2.45) is 16.8 Å². The summed E-state index contributed by atoms with van der Waals surface area (Å²) in [5, 5.41) is 0. The zero-order chi connectivity index (χ0) is 13.4. The summed E-state index contributed by atoms with van der Waals surface area (Å²) >= 11 is 0. The predicted octanol–water partition coefficient (Wildman–Crippen LogP) is 5.04. The summed E-state index contributed by atoms with van der Waals surface area (Å²) < 4.78 is 0. The van der Waals surface area contributed by atoms with Crippen molar-refractivity contribution >= 4 is 6.21 Å². The highest BCUT2D eigenvalue weighted by Crippen LogP contribution is 2.19. The van der Waals surface area contributed by atoms with Crippen LogP contribution < -0.4 is 0 Å². The van der Waals surface area contributed by atoms with Gasteiger partial charge in [0.1, 0.15) is 0 Å². The third-order valence-electron chi connectivity index (χ3n) is 3.53. The summed E-state index contributed by atoms with van der Waals surface area (Å²) in [6.45, 7) is 18.0. The number of aliphatic imine (C=N–C) groups is 1. The molecule has 1 nitrogen and oxygen atoms in total. The van der Waals surface area contributed by atoms with Crippen LogP contribution in [0.3, 0.4) is 0 Å². The quantitative estimate of drug-likeness (QED) is 0.433. The van der Waals surface area contributed by atoms with Crippen molar-refractivity contribution in [3.05, 3.63) is 23.3 Å². The molecule has 0 radical (unpaired) electrons. The Kier molecular flexibility index (Phi) is 7.86. The van der Waals surface area contributed by atoms with Crippen LogP contribution >= 0.6 is 0 Å². The Hall–Kier alpha value is -0.850. The van der Waals surface area contributed by atoms with Crippen molar-refractivity contribution in [3.8, 4) is 0 Å². The molecule has 0 saturated heterocycles. The van der Waals surface area contributed by atoms with Gasteiger partial charge in [-0.25, -0.2) is 0 Å². The molecular formula is C16H29N. The first-order chi connectivity index (χ1) is 7.93. The molecule has 0 saturated carbocycles. The average Bonchev–Trinajstić information content (AvgIpc) is 2.27. The largest absolute Gasteiger partial charge is 0.292 e. The zero-order valence-corrected chi connectivity index (χ0v) is 12.5. The molecule has 98 valence electrons. The summed E-state index contributed by atoms with van der Waals surface area (Å²) in [6, 6.07) is 0. The van der Waals surface area contributed by atoms with Crippen LogP contribution in [0.15, 0.2) is 28.3 Å². The number of nitrogens with zero attached hydrogens (tertiary/aromatic N) is 1. The van der Waals surface area contributed by atoms with Gasteiger partial charge in [-0.1, -0.05) is 45.8 Å². The highest BCUT2D eigenvalue weighted by atomic mass is 14.7. The molecule has 0 heterocycles. The van der Waals surface area contributed by atoms with Crippen LogP contribution in [0, 0.1) is 11.8 Å². The molecule has 0 fully saturated rings. The van der Waals surface area contributed by atoms with Crippen LogP contribution in [0.25, 0.3) is 0 Å². The van der Waals surface area contributed by atoms with Crippen molar-refractivity contribution in [2.75, 3.05) is 6.54 Å². The fourth-order valence-corrected chi connectivity index (χ4v) is 1.99. The average molecular weight is 235 g/mol. The molecule has 1 heteroatoms. The number of rotatable bonds is 7. The molecule has 0 spiro atoms.